The van der Waals surface area contributed by atoms with Crippen LogP contribution in [0.4, 0.5) is 0 Å². The normalized spacial score (nSPS) is 11.4. The molecule has 0 bridgehead atoms. The number of aromatic nitrogens is 8. The molecule has 4 aromatic heterocycles. The van der Waals surface area contributed by atoms with Crippen LogP contribution in [0.25, 0.3) is 22.3 Å². The molecule has 0 unspecified atom stereocenters. The fraction of sp³-hybridized carbons (Fsp3) is 0.143. The predicted octanol–water partition coefficient (Wildman–Crippen LogP) is -0.854. The van der Waals surface area contributed by atoms with Crippen molar-refractivity contribution < 1.29 is 0 Å². The number of rotatable bonds is 3. The van der Waals surface area contributed by atoms with Gasteiger partial charge in [-0.1, -0.05) is 0 Å². The van der Waals surface area contributed by atoms with E-state index in [0.717, 1.165) is 0 Å². The Morgan fingerprint density at radius 2 is 1.14 bits per heavy atom. The molecule has 0 atom stereocenters. The number of fused-ring (bicyclic) bond motifs is 2. The maximum absolute atomic E-state index is 11.8. The molecule has 0 radical (unpaired) electrons. The molecule has 0 aliphatic carbocycles. The van der Waals surface area contributed by atoms with E-state index in [1.807, 2.05) is 0 Å². The van der Waals surface area contributed by atoms with Gasteiger partial charge in [-0.3, -0.25) is 28.7 Å². The van der Waals surface area contributed by atoms with Crippen LogP contribution >= 0.6 is 21.6 Å². The molecule has 0 saturated carbocycles. The molecule has 0 aromatic carbocycles. The molecular weight excluding hydrogens is 408 g/mol. The summed E-state index contributed by atoms with van der Waals surface area (Å²) in [6, 6.07) is 0. The zero-order valence-corrected chi connectivity index (χ0v) is 15.9. The molecule has 0 aliphatic rings. The zero-order valence-electron chi connectivity index (χ0n) is 14.3. The smallest absolute Gasteiger partial charge is 0.279 e. The van der Waals surface area contributed by atoms with Crippen LogP contribution in [-0.4, -0.2) is 39.0 Å². The molecule has 28 heavy (non-hydrogen) atoms. The van der Waals surface area contributed by atoms with Crippen molar-refractivity contribution in [2.24, 2.45) is 14.1 Å². The lowest BCUT2D eigenvalue weighted by Crippen LogP contribution is -2.29. The van der Waals surface area contributed by atoms with Crippen LogP contribution in [0.5, 0.6) is 0 Å². The SMILES string of the molecule is Cn1c(=O)[nH]c(=O)c2ncc(SSc3cnc4c(=O)[nH]c(=O)n(C)c4n3)nc21. The average molecular weight is 418 g/mol. The number of H-pyrrole nitrogens is 2. The summed E-state index contributed by atoms with van der Waals surface area (Å²) >= 11 is 0. The van der Waals surface area contributed by atoms with Gasteiger partial charge in [0.2, 0.25) is 0 Å². The number of aromatic amines is 2. The third-order valence-corrected chi connectivity index (χ3v) is 5.88. The van der Waals surface area contributed by atoms with E-state index in [-0.39, 0.29) is 22.3 Å². The molecule has 14 heteroatoms. The van der Waals surface area contributed by atoms with Crippen molar-refractivity contribution in [3.8, 4) is 0 Å². The van der Waals surface area contributed by atoms with Crippen molar-refractivity contribution in [2.45, 2.75) is 10.1 Å². The van der Waals surface area contributed by atoms with Crippen molar-refractivity contribution in [3.63, 3.8) is 0 Å². The Morgan fingerprint density at radius 1 is 0.750 bits per heavy atom. The van der Waals surface area contributed by atoms with E-state index in [1.54, 1.807) is 0 Å². The van der Waals surface area contributed by atoms with Crippen LogP contribution in [0.3, 0.4) is 0 Å². The highest BCUT2D eigenvalue weighted by molar-refractivity contribution is 8.76. The minimum Gasteiger partial charge on any atom is -0.279 e. The Morgan fingerprint density at radius 3 is 1.54 bits per heavy atom. The fourth-order valence-corrected chi connectivity index (χ4v) is 3.96. The van der Waals surface area contributed by atoms with Gasteiger partial charge in [-0.25, -0.2) is 29.5 Å². The Balaban J connectivity index is 1.70. The highest BCUT2D eigenvalue weighted by atomic mass is 33.1. The van der Waals surface area contributed by atoms with E-state index in [0.29, 0.717) is 10.1 Å². The van der Waals surface area contributed by atoms with Gasteiger partial charge >= 0.3 is 11.4 Å². The Bertz CT molecular complexity index is 1370. The molecule has 12 nitrogen and oxygen atoms in total. The number of aryl methyl sites for hydroxylation is 2. The Hall–Kier alpha value is -3.26. The van der Waals surface area contributed by atoms with Crippen LogP contribution in [0.1, 0.15) is 0 Å². The van der Waals surface area contributed by atoms with E-state index in [2.05, 4.69) is 29.9 Å². The summed E-state index contributed by atoms with van der Waals surface area (Å²) in [4.78, 5) is 68.0. The highest BCUT2D eigenvalue weighted by Crippen LogP contribution is 2.35. The minimum absolute atomic E-state index is 0.0520. The summed E-state index contributed by atoms with van der Waals surface area (Å²) in [5, 5.41) is 0.861. The van der Waals surface area contributed by atoms with E-state index in [9.17, 15) is 19.2 Å². The first-order valence-electron chi connectivity index (χ1n) is 7.62. The van der Waals surface area contributed by atoms with Crippen LogP contribution in [0, 0.1) is 0 Å². The van der Waals surface area contributed by atoms with Gasteiger partial charge in [-0.2, -0.15) is 0 Å². The van der Waals surface area contributed by atoms with E-state index < -0.39 is 22.5 Å². The van der Waals surface area contributed by atoms with Gasteiger partial charge < -0.3 is 0 Å². The first-order chi connectivity index (χ1) is 13.3. The predicted molar refractivity (Wildman–Crippen MR) is 103 cm³/mol. The lowest BCUT2D eigenvalue weighted by molar-refractivity contribution is 0.814. The fourth-order valence-electron chi connectivity index (χ4n) is 2.35. The molecule has 0 saturated heterocycles. The molecule has 0 fully saturated rings. The second kappa shape index (κ2) is 6.72. The van der Waals surface area contributed by atoms with Crippen LogP contribution in [0.2, 0.25) is 0 Å². The summed E-state index contributed by atoms with van der Waals surface area (Å²) in [6.45, 7) is 0. The average Bonchev–Trinajstić information content (AvgIpc) is 2.68. The van der Waals surface area contributed by atoms with Gasteiger partial charge in [0.1, 0.15) is 10.1 Å². The summed E-state index contributed by atoms with van der Waals surface area (Å²) in [5.74, 6) is 0. The zero-order chi connectivity index (χ0) is 20.0. The summed E-state index contributed by atoms with van der Waals surface area (Å²) in [5.41, 5.74) is -1.99. The van der Waals surface area contributed by atoms with E-state index in [1.165, 1.54) is 57.2 Å². The third-order valence-electron chi connectivity index (χ3n) is 3.79. The second-order valence-corrected chi connectivity index (χ2v) is 7.73. The number of hydrogen-bond acceptors (Lipinski definition) is 10. The third kappa shape index (κ3) is 3.01. The molecular formula is C14H10N8O4S2. The Kier molecular flexibility index (Phi) is 4.35. The largest absolute Gasteiger partial charge is 0.329 e. The topological polar surface area (TPSA) is 161 Å². The monoisotopic (exact) mass is 418 g/mol. The molecule has 2 N–H and O–H groups in total. The van der Waals surface area contributed by atoms with E-state index >= 15 is 0 Å². The van der Waals surface area contributed by atoms with Crippen molar-refractivity contribution >= 4 is 43.9 Å². The number of hydrogen-bond donors (Lipinski definition) is 2. The first-order valence-corrected chi connectivity index (χ1v) is 9.77. The Labute approximate surface area is 161 Å². The molecule has 0 spiro atoms. The minimum atomic E-state index is -0.610. The second-order valence-electron chi connectivity index (χ2n) is 5.56. The van der Waals surface area contributed by atoms with Crippen molar-refractivity contribution in [3.05, 3.63) is 54.1 Å². The molecule has 142 valence electrons. The first kappa shape index (κ1) is 18.1. The van der Waals surface area contributed by atoms with Crippen molar-refractivity contribution in [1.82, 2.24) is 39.0 Å². The molecule has 0 aliphatic heterocycles. The van der Waals surface area contributed by atoms with Gasteiger partial charge in [-0.05, 0) is 21.6 Å². The lowest BCUT2D eigenvalue weighted by atomic mass is 10.5. The summed E-state index contributed by atoms with van der Waals surface area (Å²) < 4.78 is 2.38. The highest BCUT2D eigenvalue weighted by Gasteiger charge is 2.12. The quantitative estimate of drug-likeness (QED) is 0.401. The number of nitrogens with one attached hydrogen (secondary N) is 2. The standard InChI is InChI=1S/C14H10N8O4S2/c1-21-9-7(11(23)19-13(21)25)15-3-5(17-9)27-28-6-4-16-8-10(18-6)22(2)14(26)20-12(8)24/h3-4H,1-2H3,(H,19,23,25)(H,20,24,26). The summed E-state index contributed by atoms with van der Waals surface area (Å²) in [6.07, 6.45) is 2.79. The van der Waals surface area contributed by atoms with Crippen LogP contribution in [0.15, 0.2) is 41.6 Å². The van der Waals surface area contributed by atoms with Crippen LogP contribution in [-0.2, 0) is 14.1 Å². The maximum atomic E-state index is 11.8. The molecule has 4 aromatic rings. The van der Waals surface area contributed by atoms with Crippen molar-refractivity contribution in [1.29, 1.82) is 0 Å². The van der Waals surface area contributed by atoms with Gasteiger partial charge in [0.25, 0.3) is 11.1 Å². The van der Waals surface area contributed by atoms with Gasteiger partial charge in [-0.15, -0.1) is 0 Å². The lowest BCUT2D eigenvalue weighted by Gasteiger charge is -2.05. The molecule has 4 heterocycles. The van der Waals surface area contributed by atoms with Crippen LogP contribution < -0.4 is 22.5 Å². The van der Waals surface area contributed by atoms with Gasteiger partial charge in [0, 0.05) is 14.1 Å². The number of nitrogens with zero attached hydrogens (tertiary/aromatic N) is 6. The van der Waals surface area contributed by atoms with E-state index in [4.69, 9.17) is 0 Å². The summed E-state index contributed by atoms with van der Waals surface area (Å²) in [7, 11) is 5.29. The maximum Gasteiger partial charge on any atom is 0.329 e. The van der Waals surface area contributed by atoms with Gasteiger partial charge in [0.05, 0.1) is 12.4 Å². The molecule has 4 rings (SSSR count). The van der Waals surface area contributed by atoms with Crippen molar-refractivity contribution in [2.75, 3.05) is 0 Å². The molecule has 0 amide bonds. The van der Waals surface area contributed by atoms with Gasteiger partial charge in [0.15, 0.2) is 22.3 Å².